The number of imide groups is 1. The molecule has 16 heteroatoms. The molecule has 1 unspecified atom stereocenters. The van der Waals surface area contributed by atoms with Crippen LogP contribution in [0.2, 0.25) is 0 Å². The predicted octanol–water partition coefficient (Wildman–Crippen LogP) is 5.84. The second-order valence-corrected chi connectivity index (χ2v) is 18.1. The quantitative estimate of drug-likeness (QED) is 0.208. The van der Waals surface area contributed by atoms with Gasteiger partial charge < -0.3 is 25.3 Å². The smallest absolute Gasteiger partial charge is 0.273 e. The number of aryl methyl sites for hydroxylation is 2. The number of carbonyl (C=O) groups excluding carboxylic acids is 4. The topological polar surface area (TPSA) is 162 Å². The van der Waals surface area contributed by atoms with Gasteiger partial charge in [0.2, 0.25) is 17.7 Å². The van der Waals surface area contributed by atoms with E-state index in [0.717, 1.165) is 32.2 Å². The van der Waals surface area contributed by atoms with Gasteiger partial charge in [-0.3, -0.25) is 33.9 Å². The van der Waals surface area contributed by atoms with Gasteiger partial charge in [-0.05, 0) is 94.2 Å². The predicted molar refractivity (Wildman–Crippen MR) is 233 cm³/mol. The van der Waals surface area contributed by atoms with Crippen LogP contribution in [0.15, 0.2) is 53.3 Å². The standard InChI is InChI=1S/C47H55F2N9O5/c1-28-32-9-7-10-33(21-32)47(48,49)23-30-25-55(26-30)17-5-3-4-6-18-57-43-36(42(51-28)52-29(2)53-43)22-35(46(57)63)31-15-19-56(20-16-31)41(60)24-50-38-12-8-11-34-37(38)27-58(45(34)62)39-13-14-40(59)54-44(39)61/h7-12,21-22,28,30-31,39,50H,3-6,13-20,23-27H2,1-2H3,(H,51,52,53)(H,54,59,61)/t28-,39?/m1/s1. The summed E-state index contributed by atoms with van der Waals surface area (Å²) in [6.45, 7) is 7.57. The van der Waals surface area contributed by atoms with E-state index in [0.29, 0.717) is 96.2 Å². The molecule has 3 N–H and O–H groups in total. The van der Waals surface area contributed by atoms with E-state index in [4.69, 9.17) is 9.97 Å². The third-order valence-electron chi connectivity index (χ3n) is 13.7. The number of likely N-dealkylation sites (tertiary alicyclic amines) is 1. The van der Waals surface area contributed by atoms with Gasteiger partial charge in [0.15, 0.2) is 0 Å². The number of carbonyl (C=O) groups is 4. The number of hydrogen-bond donors (Lipinski definition) is 3. The third-order valence-corrected chi connectivity index (χ3v) is 13.7. The van der Waals surface area contributed by atoms with E-state index >= 15 is 8.78 Å². The molecular weight excluding hydrogens is 809 g/mol. The summed E-state index contributed by atoms with van der Waals surface area (Å²) >= 11 is 0. The molecule has 2 atom stereocenters. The fourth-order valence-corrected chi connectivity index (χ4v) is 10.2. The molecule has 6 aliphatic rings. The molecule has 4 amide bonds. The number of rotatable bonds is 5. The van der Waals surface area contributed by atoms with Crippen LogP contribution in [0.4, 0.5) is 20.3 Å². The van der Waals surface area contributed by atoms with Gasteiger partial charge in [-0.15, -0.1) is 0 Å². The molecule has 2 aromatic carbocycles. The molecule has 3 fully saturated rings. The van der Waals surface area contributed by atoms with Gasteiger partial charge in [0, 0.05) is 86.1 Å². The van der Waals surface area contributed by atoms with Crippen LogP contribution in [0.25, 0.3) is 11.0 Å². The molecule has 6 aliphatic heterocycles. The molecule has 14 nitrogen and oxygen atoms in total. The minimum absolute atomic E-state index is 0.000486. The molecular formula is C47H55F2N9O5. The summed E-state index contributed by atoms with van der Waals surface area (Å²) in [4.78, 5) is 81.0. The minimum Gasteiger partial charge on any atom is -0.376 e. The second kappa shape index (κ2) is 17.4. The number of amides is 4. The molecule has 8 bridgehead atoms. The second-order valence-electron chi connectivity index (χ2n) is 18.1. The van der Waals surface area contributed by atoms with Gasteiger partial charge in [0.1, 0.15) is 23.3 Å². The highest BCUT2D eigenvalue weighted by atomic mass is 19.3. The Balaban J connectivity index is 0.923. The van der Waals surface area contributed by atoms with Gasteiger partial charge >= 0.3 is 0 Å². The minimum atomic E-state index is -2.94. The maximum absolute atomic E-state index is 15.7. The highest BCUT2D eigenvalue weighted by Crippen LogP contribution is 2.39. The lowest BCUT2D eigenvalue weighted by Gasteiger charge is -2.41. The first-order valence-corrected chi connectivity index (χ1v) is 22.5. The van der Waals surface area contributed by atoms with Crippen molar-refractivity contribution in [3.8, 4) is 0 Å². The molecule has 332 valence electrons. The summed E-state index contributed by atoms with van der Waals surface area (Å²) in [6.07, 6.45) is 5.07. The van der Waals surface area contributed by atoms with Crippen molar-refractivity contribution in [3.05, 3.63) is 92.5 Å². The number of hydrogen-bond acceptors (Lipinski definition) is 10. The number of aromatic nitrogens is 3. The highest BCUT2D eigenvalue weighted by molar-refractivity contribution is 6.06. The zero-order chi connectivity index (χ0) is 44.0. The lowest BCUT2D eigenvalue weighted by Crippen LogP contribution is -2.52. The SMILES string of the molecule is Cc1nc2c3cc(C4CCN(C(=O)CNc5cccc6c5CN(C5CCC(=O)NC5=O)C6=O)CC4)c(=O)n(c3n1)CCCCCCN1CC(C1)CC(F)(F)c1cccc(c1)[C@@H](C)N2. The lowest BCUT2D eigenvalue weighted by atomic mass is 9.89. The molecule has 8 heterocycles. The summed E-state index contributed by atoms with van der Waals surface area (Å²) in [6, 6.07) is 12.7. The first-order chi connectivity index (χ1) is 30.3. The molecule has 0 aliphatic carbocycles. The average Bonchev–Trinajstić information content (AvgIpc) is 3.59. The fraction of sp³-hybridized carbons (Fsp3) is 0.511. The Hall–Kier alpha value is -5.77. The van der Waals surface area contributed by atoms with E-state index < -0.39 is 17.9 Å². The Kier molecular flexibility index (Phi) is 11.8. The molecule has 0 spiro atoms. The zero-order valence-corrected chi connectivity index (χ0v) is 35.9. The molecule has 10 rings (SSSR count). The summed E-state index contributed by atoms with van der Waals surface area (Å²) in [5.41, 5.74) is 3.64. The molecule has 4 aromatic rings. The Morgan fingerprint density at radius 2 is 1.68 bits per heavy atom. The Morgan fingerprint density at radius 3 is 2.46 bits per heavy atom. The molecule has 3 saturated heterocycles. The number of nitrogens with one attached hydrogen (secondary N) is 3. The van der Waals surface area contributed by atoms with E-state index in [1.165, 1.54) is 11.0 Å². The van der Waals surface area contributed by atoms with Crippen LogP contribution in [-0.4, -0.2) is 98.2 Å². The van der Waals surface area contributed by atoms with Crippen molar-refractivity contribution < 1.29 is 28.0 Å². The largest absolute Gasteiger partial charge is 0.376 e. The van der Waals surface area contributed by atoms with Gasteiger partial charge in [-0.25, -0.2) is 18.7 Å². The maximum atomic E-state index is 15.7. The van der Waals surface area contributed by atoms with Crippen molar-refractivity contribution in [2.45, 2.75) is 109 Å². The van der Waals surface area contributed by atoms with E-state index in [9.17, 15) is 24.0 Å². The van der Waals surface area contributed by atoms with Gasteiger partial charge in [0.25, 0.3) is 17.4 Å². The van der Waals surface area contributed by atoms with Crippen molar-refractivity contribution in [1.29, 1.82) is 0 Å². The van der Waals surface area contributed by atoms with Crippen LogP contribution in [0, 0.1) is 12.8 Å². The number of alkyl halides is 2. The maximum Gasteiger partial charge on any atom is 0.273 e. The van der Waals surface area contributed by atoms with Crippen molar-refractivity contribution in [3.63, 3.8) is 0 Å². The van der Waals surface area contributed by atoms with Crippen molar-refractivity contribution in [1.82, 2.24) is 34.6 Å². The number of piperidine rings is 2. The van der Waals surface area contributed by atoms with E-state index in [2.05, 4.69) is 20.9 Å². The van der Waals surface area contributed by atoms with Crippen LogP contribution >= 0.6 is 0 Å². The molecule has 0 saturated carbocycles. The first kappa shape index (κ1) is 42.5. The van der Waals surface area contributed by atoms with Crippen molar-refractivity contribution in [2.24, 2.45) is 5.92 Å². The van der Waals surface area contributed by atoms with Gasteiger partial charge in [0.05, 0.1) is 11.9 Å². The number of benzene rings is 2. The monoisotopic (exact) mass is 863 g/mol. The van der Waals surface area contributed by atoms with Crippen LogP contribution in [0.5, 0.6) is 0 Å². The fourth-order valence-electron chi connectivity index (χ4n) is 10.2. The first-order valence-electron chi connectivity index (χ1n) is 22.5. The summed E-state index contributed by atoms with van der Waals surface area (Å²) < 4.78 is 33.1. The van der Waals surface area contributed by atoms with E-state index in [-0.39, 0.29) is 79.1 Å². The number of nitrogens with zero attached hydrogens (tertiary/aromatic N) is 6. The Bertz CT molecular complexity index is 2510. The summed E-state index contributed by atoms with van der Waals surface area (Å²) in [5.74, 6) is -3.29. The Morgan fingerprint density at radius 1 is 0.921 bits per heavy atom. The number of anilines is 2. The van der Waals surface area contributed by atoms with Crippen molar-refractivity contribution in [2.75, 3.05) is 49.9 Å². The third kappa shape index (κ3) is 8.65. The number of fused-ring (bicyclic) bond motifs is 8. The zero-order valence-electron chi connectivity index (χ0n) is 35.9. The van der Waals surface area contributed by atoms with Crippen LogP contribution in [0.3, 0.4) is 0 Å². The number of pyridine rings is 1. The molecule has 63 heavy (non-hydrogen) atoms. The summed E-state index contributed by atoms with van der Waals surface area (Å²) in [7, 11) is 0. The Labute approximate surface area is 364 Å². The molecule has 0 radical (unpaired) electrons. The summed E-state index contributed by atoms with van der Waals surface area (Å²) in [5, 5.41) is 9.77. The number of halogens is 2. The highest BCUT2D eigenvalue weighted by Gasteiger charge is 2.41. The van der Waals surface area contributed by atoms with Crippen LogP contribution in [-0.2, 0) is 33.4 Å². The van der Waals surface area contributed by atoms with Crippen molar-refractivity contribution >= 4 is 46.2 Å². The lowest BCUT2D eigenvalue weighted by molar-refractivity contribution is -0.137. The van der Waals surface area contributed by atoms with Gasteiger partial charge in [-0.2, -0.15) is 0 Å². The van der Waals surface area contributed by atoms with Gasteiger partial charge in [-0.1, -0.05) is 37.1 Å². The molecule has 2 aromatic heterocycles. The van der Waals surface area contributed by atoms with E-state index in [1.807, 2.05) is 25.1 Å². The normalized spacial score (nSPS) is 24.3. The van der Waals surface area contributed by atoms with Crippen LogP contribution < -0.4 is 21.5 Å². The van der Waals surface area contributed by atoms with E-state index in [1.54, 1.807) is 40.7 Å². The average molecular weight is 864 g/mol. The van der Waals surface area contributed by atoms with Crippen LogP contribution in [0.1, 0.15) is 115 Å².